The highest BCUT2D eigenvalue weighted by molar-refractivity contribution is 5.37. The molecule has 1 fully saturated rings. The van der Waals surface area contributed by atoms with Gasteiger partial charge in [0.25, 0.3) is 0 Å². The van der Waals surface area contributed by atoms with Crippen LogP contribution in [0.1, 0.15) is 61.4 Å². The fourth-order valence-corrected chi connectivity index (χ4v) is 2.84. The Bertz CT molecular complexity index is 409. The molecule has 0 aliphatic heterocycles. The molecule has 2 heteroatoms. The van der Waals surface area contributed by atoms with Crippen molar-refractivity contribution in [2.24, 2.45) is 5.73 Å². The number of hydrogen-bond acceptors (Lipinski definition) is 2. The molecule has 2 aliphatic rings. The van der Waals surface area contributed by atoms with Crippen LogP contribution in [0.4, 0.5) is 0 Å². The van der Waals surface area contributed by atoms with Crippen LogP contribution in [0.25, 0.3) is 0 Å². The minimum atomic E-state index is 0.263. The number of nitrogens with one attached hydrogen (secondary N) is 1. The van der Waals surface area contributed by atoms with E-state index in [2.05, 4.69) is 30.4 Å². The summed E-state index contributed by atoms with van der Waals surface area (Å²) >= 11 is 0. The van der Waals surface area contributed by atoms with Gasteiger partial charge in [0.05, 0.1) is 0 Å². The maximum atomic E-state index is 6.15. The van der Waals surface area contributed by atoms with Crippen molar-refractivity contribution in [3.63, 3.8) is 0 Å². The third kappa shape index (κ3) is 2.38. The van der Waals surface area contributed by atoms with Crippen LogP contribution in [0.2, 0.25) is 0 Å². The van der Waals surface area contributed by atoms with Crippen molar-refractivity contribution in [3.05, 3.63) is 34.9 Å². The smallest absolute Gasteiger partial charge is 0.0297 e. The minimum Gasteiger partial charge on any atom is -0.324 e. The van der Waals surface area contributed by atoms with Crippen molar-refractivity contribution in [3.8, 4) is 0 Å². The molecule has 0 spiro atoms. The molecule has 0 amide bonds. The molecule has 0 bridgehead atoms. The van der Waals surface area contributed by atoms with Gasteiger partial charge in [0, 0.05) is 18.1 Å². The average Bonchev–Trinajstić information content (AvgIpc) is 3.13. The molecule has 17 heavy (non-hydrogen) atoms. The third-order valence-electron chi connectivity index (χ3n) is 4.09. The van der Waals surface area contributed by atoms with Gasteiger partial charge in [-0.05, 0) is 55.7 Å². The number of aryl methyl sites for hydroxylation is 1. The molecule has 2 atom stereocenters. The molecule has 3 N–H and O–H groups in total. The molecule has 1 aromatic carbocycles. The Morgan fingerprint density at radius 3 is 2.88 bits per heavy atom. The van der Waals surface area contributed by atoms with Crippen LogP contribution in [0.15, 0.2) is 18.2 Å². The standard InChI is InChI=1S/C15H22N2/c1-10(17-13-6-7-13)11-5-8-14-12(9-11)3-2-4-15(14)16/h5,8-10,13,15,17H,2-4,6-7,16H2,1H3. The molecule has 1 saturated carbocycles. The minimum absolute atomic E-state index is 0.263. The van der Waals surface area contributed by atoms with Gasteiger partial charge in [-0.2, -0.15) is 0 Å². The summed E-state index contributed by atoms with van der Waals surface area (Å²) in [7, 11) is 0. The molecule has 2 aliphatic carbocycles. The van der Waals surface area contributed by atoms with Gasteiger partial charge in [0.1, 0.15) is 0 Å². The van der Waals surface area contributed by atoms with E-state index in [9.17, 15) is 0 Å². The molecule has 92 valence electrons. The first-order valence-corrected chi connectivity index (χ1v) is 6.88. The van der Waals surface area contributed by atoms with Crippen molar-refractivity contribution in [2.75, 3.05) is 0 Å². The summed E-state index contributed by atoms with van der Waals surface area (Å²) in [6.45, 7) is 2.27. The molecule has 0 aromatic heterocycles. The van der Waals surface area contributed by atoms with E-state index >= 15 is 0 Å². The molecule has 0 radical (unpaired) electrons. The lowest BCUT2D eigenvalue weighted by Crippen LogP contribution is -2.22. The van der Waals surface area contributed by atoms with Crippen LogP contribution in [0, 0.1) is 0 Å². The first-order valence-electron chi connectivity index (χ1n) is 6.88. The average molecular weight is 230 g/mol. The highest BCUT2D eigenvalue weighted by Crippen LogP contribution is 2.31. The van der Waals surface area contributed by atoms with Crippen LogP contribution in [-0.2, 0) is 6.42 Å². The molecule has 2 nitrogen and oxygen atoms in total. The van der Waals surface area contributed by atoms with E-state index in [4.69, 9.17) is 5.73 Å². The van der Waals surface area contributed by atoms with Gasteiger partial charge in [-0.15, -0.1) is 0 Å². The molecule has 3 rings (SSSR count). The zero-order chi connectivity index (χ0) is 11.8. The summed E-state index contributed by atoms with van der Waals surface area (Å²) in [4.78, 5) is 0. The zero-order valence-electron chi connectivity index (χ0n) is 10.6. The topological polar surface area (TPSA) is 38.0 Å². The summed E-state index contributed by atoms with van der Waals surface area (Å²) in [5.41, 5.74) is 10.4. The van der Waals surface area contributed by atoms with Crippen LogP contribution in [0.5, 0.6) is 0 Å². The van der Waals surface area contributed by atoms with Gasteiger partial charge in [0.2, 0.25) is 0 Å². The lowest BCUT2D eigenvalue weighted by molar-refractivity contribution is 0.556. The van der Waals surface area contributed by atoms with E-state index < -0.39 is 0 Å². The van der Waals surface area contributed by atoms with Gasteiger partial charge in [0.15, 0.2) is 0 Å². The Morgan fingerprint density at radius 1 is 1.29 bits per heavy atom. The van der Waals surface area contributed by atoms with E-state index in [-0.39, 0.29) is 6.04 Å². The van der Waals surface area contributed by atoms with Crippen molar-refractivity contribution < 1.29 is 0 Å². The van der Waals surface area contributed by atoms with Crippen molar-refractivity contribution in [1.82, 2.24) is 5.32 Å². The van der Waals surface area contributed by atoms with Crippen LogP contribution < -0.4 is 11.1 Å². The van der Waals surface area contributed by atoms with E-state index in [1.807, 2.05) is 0 Å². The van der Waals surface area contributed by atoms with Crippen LogP contribution in [0.3, 0.4) is 0 Å². The second-order valence-electron chi connectivity index (χ2n) is 5.62. The lowest BCUT2D eigenvalue weighted by atomic mass is 9.86. The molecular weight excluding hydrogens is 208 g/mol. The Morgan fingerprint density at radius 2 is 2.12 bits per heavy atom. The van der Waals surface area contributed by atoms with Crippen molar-refractivity contribution in [2.45, 2.75) is 57.2 Å². The monoisotopic (exact) mass is 230 g/mol. The third-order valence-corrected chi connectivity index (χ3v) is 4.09. The Balaban J connectivity index is 1.81. The lowest BCUT2D eigenvalue weighted by Gasteiger charge is -2.24. The maximum absolute atomic E-state index is 6.15. The summed E-state index contributed by atoms with van der Waals surface area (Å²) < 4.78 is 0. The summed E-state index contributed by atoms with van der Waals surface area (Å²) in [5.74, 6) is 0. The second kappa shape index (κ2) is 4.43. The van der Waals surface area contributed by atoms with E-state index in [1.165, 1.54) is 42.4 Å². The van der Waals surface area contributed by atoms with E-state index in [1.54, 1.807) is 0 Å². The van der Waals surface area contributed by atoms with Crippen LogP contribution in [-0.4, -0.2) is 6.04 Å². The molecule has 0 heterocycles. The predicted octanol–water partition coefficient (Wildman–Crippen LogP) is 2.84. The number of hydrogen-bond donors (Lipinski definition) is 2. The summed E-state index contributed by atoms with van der Waals surface area (Å²) in [6.07, 6.45) is 6.28. The maximum Gasteiger partial charge on any atom is 0.0297 e. The zero-order valence-corrected chi connectivity index (χ0v) is 10.6. The SMILES string of the molecule is CC(NC1CC1)c1ccc2c(c1)CCCC2N. The Hall–Kier alpha value is -0.860. The van der Waals surface area contributed by atoms with Crippen molar-refractivity contribution in [1.29, 1.82) is 0 Å². The fraction of sp³-hybridized carbons (Fsp3) is 0.600. The number of fused-ring (bicyclic) bond motifs is 1. The summed E-state index contributed by atoms with van der Waals surface area (Å²) in [6, 6.07) is 8.38. The first-order chi connectivity index (χ1) is 8.24. The van der Waals surface area contributed by atoms with Gasteiger partial charge in [-0.3, -0.25) is 0 Å². The van der Waals surface area contributed by atoms with E-state index in [0.29, 0.717) is 6.04 Å². The number of benzene rings is 1. The molecule has 1 aromatic rings. The Labute approximate surface area is 104 Å². The van der Waals surface area contributed by atoms with E-state index in [0.717, 1.165) is 12.5 Å². The van der Waals surface area contributed by atoms with Gasteiger partial charge < -0.3 is 11.1 Å². The number of rotatable bonds is 3. The van der Waals surface area contributed by atoms with Crippen molar-refractivity contribution >= 4 is 0 Å². The largest absolute Gasteiger partial charge is 0.324 e. The van der Waals surface area contributed by atoms with Crippen LogP contribution >= 0.6 is 0 Å². The highest BCUT2D eigenvalue weighted by atomic mass is 15.0. The first kappa shape index (κ1) is 11.2. The van der Waals surface area contributed by atoms with Gasteiger partial charge >= 0.3 is 0 Å². The summed E-state index contributed by atoms with van der Waals surface area (Å²) in [5, 5.41) is 3.66. The fourth-order valence-electron chi connectivity index (χ4n) is 2.84. The number of nitrogens with two attached hydrogens (primary N) is 1. The molecule has 2 unspecified atom stereocenters. The molecule has 0 saturated heterocycles. The second-order valence-corrected chi connectivity index (χ2v) is 5.62. The highest BCUT2D eigenvalue weighted by Gasteiger charge is 2.24. The van der Waals surface area contributed by atoms with Gasteiger partial charge in [-0.25, -0.2) is 0 Å². The normalized spacial score (nSPS) is 25.4. The Kier molecular flexibility index (Phi) is 2.93. The predicted molar refractivity (Wildman–Crippen MR) is 70.9 cm³/mol. The quantitative estimate of drug-likeness (QED) is 0.838. The van der Waals surface area contributed by atoms with Gasteiger partial charge in [-0.1, -0.05) is 18.2 Å². The molecular formula is C15H22N2.